The average Bonchev–Trinajstić information content (AvgIpc) is 2.88. The number of H-pyrrole nitrogens is 1. The van der Waals surface area contributed by atoms with E-state index < -0.39 is 0 Å². The number of aromatic amines is 1. The standard InChI is InChI=1S/C17H18N2O/c1-12-2-5-16(6-3-12)20-11-15-9-14-8-13(10-18)4-7-17(14)19-15/h2-9,19H,10-11,18H2,1H3. The van der Waals surface area contributed by atoms with Crippen molar-refractivity contribution in [3.8, 4) is 5.75 Å². The van der Waals surface area contributed by atoms with Crippen molar-refractivity contribution in [3.05, 3.63) is 65.4 Å². The van der Waals surface area contributed by atoms with Gasteiger partial charge in [0.25, 0.3) is 0 Å². The first-order chi connectivity index (χ1) is 9.74. The largest absolute Gasteiger partial charge is 0.487 e. The molecule has 0 fully saturated rings. The van der Waals surface area contributed by atoms with Crippen molar-refractivity contribution in [2.45, 2.75) is 20.1 Å². The van der Waals surface area contributed by atoms with E-state index in [1.807, 2.05) is 30.3 Å². The number of hydrogen-bond donors (Lipinski definition) is 2. The number of ether oxygens (including phenoxy) is 1. The molecule has 2 aromatic carbocycles. The zero-order chi connectivity index (χ0) is 13.9. The number of rotatable bonds is 4. The topological polar surface area (TPSA) is 51.0 Å². The summed E-state index contributed by atoms with van der Waals surface area (Å²) in [6.07, 6.45) is 0. The van der Waals surface area contributed by atoms with Crippen molar-refractivity contribution in [1.29, 1.82) is 0 Å². The zero-order valence-corrected chi connectivity index (χ0v) is 11.5. The fourth-order valence-corrected chi connectivity index (χ4v) is 2.24. The van der Waals surface area contributed by atoms with Crippen molar-refractivity contribution >= 4 is 10.9 Å². The maximum Gasteiger partial charge on any atom is 0.128 e. The Labute approximate surface area is 118 Å². The van der Waals surface area contributed by atoms with E-state index in [-0.39, 0.29) is 0 Å². The van der Waals surface area contributed by atoms with Crippen LogP contribution in [-0.4, -0.2) is 4.98 Å². The SMILES string of the molecule is Cc1ccc(OCc2cc3cc(CN)ccc3[nH]2)cc1. The van der Waals surface area contributed by atoms with Gasteiger partial charge in [0.2, 0.25) is 0 Å². The molecule has 0 aliphatic heterocycles. The molecule has 102 valence electrons. The van der Waals surface area contributed by atoms with Gasteiger partial charge in [-0.1, -0.05) is 23.8 Å². The summed E-state index contributed by atoms with van der Waals surface area (Å²) >= 11 is 0. The molecule has 0 bridgehead atoms. The molecule has 1 heterocycles. The molecule has 0 radical (unpaired) electrons. The van der Waals surface area contributed by atoms with E-state index in [2.05, 4.69) is 30.1 Å². The Morgan fingerprint density at radius 1 is 1.05 bits per heavy atom. The number of aromatic nitrogens is 1. The predicted molar refractivity (Wildman–Crippen MR) is 81.7 cm³/mol. The van der Waals surface area contributed by atoms with E-state index in [1.165, 1.54) is 10.9 Å². The van der Waals surface area contributed by atoms with Gasteiger partial charge >= 0.3 is 0 Å². The van der Waals surface area contributed by atoms with Crippen LogP contribution in [0.4, 0.5) is 0 Å². The maximum atomic E-state index is 5.78. The molecular formula is C17H18N2O. The van der Waals surface area contributed by atoms with E-state index in [4.69, 9.17) is 10.5 Å². The lowest BCUT2D eigenvalue weighted by Crippen LogP contribution is -1.95. The van der Waals surface area contributed by atoms with Crippen molar-refractivity contribution in [2.75, 3.05) is 0 Å². The molecule has 3 nitrogen and oxygen atoms in total. The van der Waals surface area contributed by atoms with Crippen LogP contribution in [0.25, 0.3) is 10.9 Å². The molecule has 3 rings (SSSR count). The van der Waals surface area contributed by atoms with Crippen LogP contribution in [0.3, 0.4) is 0 Å². The molecule has 1 aromatic heterocycles. The van der Waals surface area contributed by atoms with Crippen LogP contribution in [-0.2, 0) is 13.2 Å². The second-order valence-electron chi connectivity index (χ2n) is 5.02. The monoisotopic (exact) mass is 266 g/mol. The van der Waals surface area contributed by atoms with Crippen LogP contribution < -0.4 is 10.5 Å². The first-order valence-corrected chi connectivity index (χ1v) is 6.74. The third-order valence-corrected chi connectivity index (χ3v) is 3.39. The molecule has 0 aliphatic carbocycles. The van der Waals surface area contributed by atoms with Gasteiger partial charge in [-0.05, 0) is 42.8 Å². The van der Waals surface area contributed by atoms with Crippen molar-refractivity contribution in [2.24, 2.45) is 5.73 Å². The van der Waals surface area contributed by atoms with Gasteiger partial charge in [-0.25, -0.2) is 0 Å². The number of benzene rings is 2. The summed E-state index contributed by atoms with van der Waals surface area (Å²) in [5.41, 5.74) is 10.2. The highest BCUT2D eigenvalue weighted by molar-refractivity contribution is 5.81. The van der Waals surface area contributed by atoms with Gasteiger partial charge in [0.1, 0.15) is 12.4 Å². The van der Waals surface area contributed by atoms with Gasteiger partial charge in [-0.15, -0.1) is 0 Å². The number of fused-ring (bicyclic) bond motifs is 1. The van der Waals surface area contributed by atoms with E-state index >= 15 is 0 Å². The fraction of sp³-hybridized carbons (Fsp3) is 0.176. The molecule has 0 amide bonds. The average molecular weight is 266 g/mol. The number of nitrogens with two attached hydrogens (primary N) is 1. The van der Waals surface area contributed by atoms with Crippen LogP contribution in [0.15, 0.2) is 48.5 Å². The molecule has 20 heavy (non-hydrogen) atoms. The van der Waals surface area contributed by atoms with Gasteiger partial charge in [-0.2, -0.15) is 0 Å². The molecule has 3 N–H and O–H groups in total. The Hall–Kier alpha value is -2.26. The van der Waals surface area contributed by atoms with Crippen molar-refractivity contribution in [1.82, 2.24) is 4.98 Å². The molecule has 0 saturated heterocycles. The highest BCUT2D eigenvalue weighted by atomic mass is 16.5. The minimum Gasteiger partial charge on any atom is -0.487 e. The van der Waals surface area contributed by atoms with Crippen LogP contribution in [0.1, 0.15) is 16.8 Å². The second-order valence-corrected chi connectivity index (χ2v) is 5.02. The first-order valence-electron chi connectivity index (χ1n) is 6.74. The zero-order valence-electron chi connectivity index (χ0n) is 11.5. The van der Waals surface area contributed by atoms with E-state index in [1.54, 1.807) is 0 Å². The summed E-state index contributed by atoms with van der Waals surface area (Å²) in [7, 11) is 0. The maximum absolute atomic E-state index is 5.78. The van der Waals surface area contributed by atoms with Gasteiger partial charge in [0.05, 0.1) is 5.69 Å². The lowest BCUT2D eigenvalue weighted by atomic mass is 10.1. The van der Waals surface area contributed by atoms with E-state index in [0.29, 0.717) is 13.2 Å². The fourth-order valence-electron chi connectivity index (χ4n) is 2.24. The summed E-state index contributed by atoms with van der Waals surface area (Å²) < 4.78 is 5.78. The third kappa shape index (κ3) is 2.68. The second kappa shape index (κ2) is 5.39. The lowest BCUT2D eigenvalue weighted by Gasteiger charge is -2.04. The number of nitrogens with one attached hydrogen (secondary N) is 1. The van der Waals surface area contributed by atoms with Crippen molar-refractivity contribution in [3.63, 3.8) is 0 Å². The number of hydrogen-bond acceptors (Lipinski definition) is 2. The van der Waals surface area contributed by atoms with Crippen molar-refractivity contribution < 1.29 is 4.74 Å². The lowest BCUT2D eigenvalue weighted by molar-refractivity contribution is 0.302. The summed E-state index contributed by atoms with van der Waals surface area (Å²) in [4.78, 5) is 3.36. The first kappa shape index (κ1) is 12.8. The summed E-state index contributed by atoms with van der Waals surface area (Å²) in [6.45, 7) is 3.17. The summed E-state index contributed by atoms with van der Waals surface area (Å²) in [5.74, 6) is 0.886. The Morgan fingerprint density at radius 2 is 1.85 bits per heavy atom. The highest BCUT2D eigenvalue weighted by Gasteiger charge is 2.02. The Balaban J connectivity index is 1.75. The summed E-state index contributed by atoms with van der Waals surface area (Å²) in [6, 6.07) is 16.4. The highest BCUT2D eigenvalue weighted by Crippen LogP contribution is 2.19. The molecule has 0 aliphatic rings. The van der Waals surface area contributed by atoms with Crippen LogP contribution in [0, 0.1) is 6.92 Å². The Kier molecular flexibility index (Phi) is 3.44. The quantitative estimate of drug-likeness (QED) is 0.759. The smallest absolute Gasteiger partial charge is 0.128 e. The molecule has 3 heteroatoms. The molecule has 3 aromatic rings. The summed E-state index contributed by atoms with van der Waals surface area (Å²) in [5, 5.41) is 1.18. The van der Waals surface area contributed by atoms with Gasteiger partial charge in [0.15, 0.2) is 0 Å². The molecule has 0 spiro atoms. The third-order valence-electron chi connectivity index (χ3n) is 3.39. The van der Waals surface area contributed by atoms with E-state index in [9.17, 15) is 0 Å². The predicted octanol–water partition coefficient (Wildman–Crippen LogP) is 3.51. The molecular weight excluding hydrogens is 248 g/mol. The van der Waals surface area contributed by atoms with Crippen LogP contribution >= 0.6 is 0 Å². The molecule has 0 atom stereocenters. The Morgan fingerprint density at radius 3 is 2.60 bits per heavy atom. The van der Waals surface area contributed by atoms with Crippen LogP contribution in [0.5, 0.6) is 5.75 Å². The normalized spacial score (nSPS) is 10.9. The minimum absolute atomic E-state index is 0.537. The van der Waals surface area contributed by atoms with Crippen LogP contribution in [0.2, 0.25) is 0 Å². The van der Waals surface area contributed by atoms with Gasteiger partial charge in [-0.3, -0.25) is 0 Å². The van der Waals surface area contributed by atoms with E-state index in [0.717, 1.165) is 22.5 Å². The molecule has 0 saturated carbocycles. The Bertz CT molecular complexity index is 713. The molecule has 0 unspecified atom stereocenters. The minimum atomic E-state index is 0.537. The number of aryl methyl sites for hydroxylation is 1. The van der Waals surface area contributed by atoms with Gasteiger partial charge in [0, 0.05) is 17.4 Å². The van der Waals surface area contributed by atoms with Gasteiger partial charge < -0.3 is 15.5 Å².